The Bertz CT molecular complexity index is 561. The molecule has 0 saturated carbocycles. The van der Waals surface area contributed by atoms with Crippen molar-refractivity contribution in [1.82, 2.24) is 19.5 Å². The molecule has 1 aliphatic rings. The van der Waals surface area contributed by atoms with Crippen molar-refractivity contribution < 1.29 is 4.74 Å². The van der Waals surface area contributed by atoms with Crippen molar-refractivity contribution in [3.63, 3.8) is 0 Å². The summed E-state index contributed by atoms with van der Waals surface area (Å²) in [6, 6.07) is 0. The van der Waals surface area contributed by atoms with E-state index in [-0.39, 0.29) is 0 Å². The zero-order chi connectivity index (χ0) is 12.5. The summed E-state index contributed by atoms with van der Waals surface area (Å²) in [6.45, 7) is 1.30. The Kier molecular flexibility index (Phi) is 2.71. The molecule has 0 aromatic carbocycles. The zero-order valence-corrected chi connectivity index (χ0v) is 10.5. The Morgan fingerprint density at radius 3 is 3.00 bits per heavy atom. The fourth-order valence-corrected chi connectivity index (χ4v) is 2.13. The Morgan fingerprint density at radius 2 is 2.28 bits per heavy atom. The molecule has 3 rings (SSSR count). The number of nitrogens with zero attached hydrogens (tertiary/aromatic N) is 4. The van der Waals surface area contributed by atoms with E-state index in [4.69, 9.17) is 4.74 Å². The summed E-state index contributed by atoms with van der Waals surface area (Å²) in [6.07, 6.45) is 4.36. The lowest BCUT2D eigenvalue weighted by Crippen LogP contribution is -2.16. The number of imidazole rings is 1. The summed E-state index contributed by atoms with van der Waals surface area (Å²) in [7, 11) is 3.80. The fourth-order valence-electron chi connectivity index (χ4n) is 2.13. The monoisotopic (exact) mass is 245 g/mol. The van der Waals surface area contributed by atoms with E-state index in [1.807, 2.05) is 18.7 Å². The van der Waals surface area contributed by atoms with Gasteiger partial charge < -0.3 is 14.6 Å². The molecule has 0 radical (unpaired) electrons. The lowest BCUT2D eigenvalue weighted by Gasteiger charge is -2.19. The van der Waals surface area contributed by atoms with Crippen LogP contribution in [-0.4, -0.2) is 33.2 Å². The Hall–Kier alpha value is -1.95. The summed E-state index contributed by atoms with van der Waals surface area (Å²) in [4.78, 5) is 13.3. The highest BCUT2D eigenvalue weighted by Crippen LogP contribution is 2.25. The van der Waals surface area contributed by atoms with Crippen LogP contribution in [0.3, 0.4) is 0 Å². The van der Waals surface area contributed by atoms with Crippen LogP contribution in [0.15, 0.2) is 12.5 Å². The molecule has 1 aliphatic heterocycles. The average Bonchev–Trinajstić information content (AvgIpc) is 2.83. The van der Waals surface area contributed by atoms with Crippen LogP contribution < -0.4 is 5.32 Å². The number of aromatic nitrogens is 4. The molecule has 0 aliphatic carbocycles. The molecule has 0 spiro atoms. The molecule has 0 unspecified atom stereocenters. The van der Waals surface area contributed by atoms with Crippen LogP contribution in [0.4, 0.5) is 5.82 Å². The van der Waals surface area contributed by atoms with Crippen LogP contribution in [0.1, 0.15) is 11.3 Å². The van der Waals surface area contributed by atoms with Gasteiger partial charge in [0.1, 0.15) is 11.5 Å². The summed E-state index contributed by atoms with van der Waals surface area (Å²) >= 11 is 0. The normalized spacial score (nSPS) is 14.3. The highest BCUT2D eigenvalue weighted by Gasteiger charge is 2.19. The second kappa shape index (κ2) is 4.38. The number of anilines is 1. The maximum absolute atomic E-state index is 5.46. The molecule has 1 N–H and O–H groups in total. The Labute approximate surface area is 105 Å². The largest absolute Gasteiger partial charge is 0.376 e. The van der Waals surface area contributed by atoms with Crippen molar-refractivity contribution in [3.8, 4) is 11.5 Å². The SMILES string of the molecule is CNc1nc(-c2cncn2C)nc2c1COCC2. The minimum atomic E-state index is 0.581. The maximum atomic E-state index is 5.46. The first-order chi connectivity index (χ1) is 8.79. The smallest absolute Gasteiger partial charge is 0.180 e. The number of aryl methyl sites for hydroxylation is 1. The van der Waals surface area contributed by atoms with Gasteiger partial charge in [0.05, 0.1) is 31.4 Å². The predicted octanol–water partition coefficient (Wildman–Crippen LogP) is 0.991. The molecule has 0 atom stereocenters. The first kappa shape index (κ1) is 11.2. The minimum Gasteiger partial charge on any atom is -0.376 e. The number of hydrogen-bond acceptors (Lipinski definition) is 5. The maximum Gasteiger partial charge on any atom is 0.180 e. The van der Waals surface area contributed by atoms with E-state index in [0.29, 0.717) is 12.4 Å². The van der Waals surface area contributed by atoms with Crippen LogP contribution in [0.5, 0.6) is 0 Å². The number of fused-ring (bicyclic) bond motifs is 1. The molecule has 6 heteroatoms. The molecule has 0 fully saturated rings. The van der Waals surface area contributed by atoms with Crippen LogP contribution in [-0.2, 0) is 24.8 Å². The van der Waals surface area contributed by atoms with E-state index in [1.54, 1.807) is 12.5 Å². The zero-order valence-electron chi connectivity index (χ0n) is 10.5. The van der Waals surface area contributed by atoms with E-state index in [9.17, 15) is 0 Å². The predicted molar refractivity (Wildman–Crippen MR) is 67.1 cm³/mol. The average molecular weight is 245 g/mol. The van der Waals surface area contributed by atoms with Crippen molar-refractivity contribution in [1.29, 1.82) is 0 Å². The van der Waals surface area contributed by atoms with Gasteiger partial charge in [0, 0.05) is 26.1 Å². The summed E-state index contributed by atoms with van der Waals surface area (Å²) < 4.78 is 7.37. The molecular formula is C12H15N5O. The van der Waals surface area contributed by atoms with Gasteiger partial charge in [0.25, 0.3) is 0 Å². The highest BCUT2D eigenvalue weighted by atomic mass is 16.5. The fraction of sp³-hybridized carbons (Fsp3) is 0.417. The van der Waals surface area contributed by atoms with Crippen molar-refractivity contribution in [2.45, 2.75) is 13.0 Å². The molecular weight excluding hydrogens is 230 g/mol. The van der Waals surface area contributed by atoms with Crippen LogP contribution >= 0.6 is 0 Å². The summed E-state index contributed by atoms with van der Waals surface area (Å²) in [5.41, 5.74) is 3.05. The highest BCUT2D eigenvalue weighted by molar-refractivity contribution is 5.56. The molecule has 3 heterocycles. The van der Waals surface area contributed by atoms with Gasteiger partial charge in [-0.05, 0) is 0 Å². The van der Waals surface area contributed by atoms with Gasteiger partial charge in [0.2, 0.25) is 0 Å². The third-order valence-electron chi connectivity index (χ3n) is 3.10. The van der Waals surface area contributed by atoms with Gasteiger partial charge in [-0.25, -0.2) is 15.0 Å². The molecule has 6 nitrogen and oxygen atoms in total. The molecule has 0 amide bonds. The second-order valence-corrected chi connectivity index (χ2v) is 4.26. The number of nitrogens with one attached hydrogen (secondary N) is 1. The van der Waals surface area contributed by atoms with E-state index < -0.39 is 0 Å². The Morgan fingerprint density at radius 1 is 1.39 bits per heavy atom. The third kappa shape index (κ3) is 1.74. The standard InChI is InChI=1S/C12H15N5O/c1-13-11-8-6-18-4-3-9(8)15-12(16-11)10-5-14-7-17(10)2/h5,7H,3-4,6H2,1-2H3,(H,13,15,16). The van der Waals surface area contributed by atoms with Gasteiger partial charge in [0.15, 0.2) is 5.82 Å². The van der Waals surface area contributed by atoms with Gasteiger partial charge in [-0.2, -0.15) is 0 Å². The molecule has 18 heavy (non-hydrogen) atoms. The molecule has 2 aromatic heterocycles. The lowest BCUT2D eigenvalue weighted by molar-refractivity contribution is 0.109. The van der Waals surface area contributed by atoms with Crippen molar-refractivity contribution >= 4 is 5.82 Å². The van der Waals surface area contributed by atoms with Gasteiger partial charge >= 0.3 is 0 Å². The first-order valence-electron chi connectivity index (χ1n) is 5.91. The van der Waals surface area contributed by atoms with Gasteiger partial charge in [-0.1, -0.05) is 0 Å². The van der Waals surface area contributed by atoms with Crippen LogP contribution in [0.25, 0.3) is 11.5 Å². The van der Waals surface area contributed by atoms with Gasteiger partial charge in [-0.3, -0.25) is 0 Å². The molecule has 94 valence electrons. The van der Waals surface area contributed by atoms with Crippen molar-refractivity contribution in [2.75, 3.05) is 19.0 Å². The van der Waals surface area contributed by atoms with E-state index in [1.165, 1.54) is 0 Å². The number of hydrogen-bond donors (Lipinski definition) is 1. The number of ether oxygens (including phenoxy) is 1. The third-order valence-corrected chi connectivity index (χ3v) is 3.10. The molecule has 0 bridgehead atoms. The Balaban J connectivity index is 2.14. The van der Waals surface area contributed by atoms with E-state index in [0.717, 1.165) is 35.8 Å². The molecule has 2 aromatic rings. The second-order valence-electron chi connectivity index (χ2n) is 4.26. The lowest BCUT2D eigenvalue weighted by atomic mass is 10.1. The quantitative estimate of drug-likeness (QED) is 0.854. The summed E-state index contributed by atoms with van der Waals surface area (Å²) in [5, 5.41) is 3.12. The topological polar surface area (TPSA) is 64.9 Å². The van der Waals surface area contributed by atoms with E-state index >= 15 is 0 Å². The van der Waals surface area contributed by atoms with Crippen LogP contribution in [0, 0.1) is 0 Å². The first-order valence-corrected chi connectivity index (χ1v) is 5.91. The minimum absolute atomic E-state index is 0.581. The van der Waals surface area contributed by atoms with Crippen molar-refractivity contribution in [2.24, 2.45) is 7.05 Å². The van der Waals surface area contributed by atoms with Gasteiger partial charge in [-0.15, -0.1) is 0 Å². The van der Waals surface area contributed by atoms with Crippen molar-refractivity contribution in [3.05, 3.63) is 23.8 Å². The number of rotatable bonds is 2. The van der Waals surface area contributed by atoms with E-state index in [2.05, 4.69) is 20.3 Å². The molecule has 0 saturated heterocycles. The van der Waals surface area contributed by atoms with Crippen LogP contribution in [0.2, 0.25) is 0 Å². The summed E-state index contributed by atoms with van der Waals surface area (Å²) in [5.74, 6) is 1.55.